The van der Waals surface area contributed by atoms with Gasteiger partial charge in [-0.05, 0) is 11.9 Å². The summed E-state index contributed by atoms with van der Waals surface area (Å²) < 4.78 is -0.469. The fourth-order valence-corrected chi connectivity index (χ4v) is 1.82. The van der Waals surface area contributed by atoms with Crippen LogP contribution < -0.4 is 0 Å². The average molecular weight is 296 g/mol. The van der Waals surface area contributed by atoms with E-state index in [0.717, 1.165) is 4.31 Å². The largest absolute Gasteiger partial charge is 0.274 e. The van der Waals surface area contributed by atoms with Gasteiger partial charge in [0.25, 0.3) is 0 Å². The lowest BCUT2D eigenvalue weighted by molar-refractivity contribution is -0.123. The lowest BCUT2D eigenvalue weighted by Gasteiger charge is -2.25. The maximum atomic E-state index is 11.0. The maximum Gasteiger partial charge on any atom is 0.230 e. The van der Waals surface area contributed by atoms with Crippen molar-refractivity contribution in [2.75, 3.05) is 6.54 Å². The van der Waals surface area contributed by atoms with E-state index in [0.29, 0.717) is 11.9 Å². The molecule has 0 atom stereocenters. The number of hydrogen-bond donors (Lipinski definition) is 0. The molecular formula is C6H6Cl4N2OS. The van der Waals surface area contributed by atoms with E-state index < -0.39 is 8.50 Å². The number of hydrogen-bond acceptors (Lipinski definition) is 3. The summed E-state index contributed by atoms with van der Waals surface area (Å²) in [6, 6.07) is 1.79. The summed E-state index contributed by atoms with van der Waals surface area (Å²) in [5, 5.41) is 8.41. The fourth-order valence-electron chi connectivity index (χ4n) is 0.459. The van der Waals surface area contributed by atoms with Gasteiger partial charge in [0, 0.05) is 6.92 Å². The second-order valence-corrected chi connectivity index (χ2v) is 6.37. The third-order valence-electron chi connectivity index (χ3n) is 1.05. The highest BCUT2D eigenvalue weighted by molar-refractivity contribution is 8.01. The molecule has 0 fully saturated rings. The third kappa shape index (κ3) is 4.81. The minimum absolute atomic E-state index is 0.137. The average Bonchev–Trinajstić information content (AvgIpc) is 2.02. The van der Waals surface area contributed by atoms with Crippen LogP contribution in [0.5, 0.6) is 0 Å². The van der Waals surface area contributed by atoms with Gasteiger partial charge < -0.3 is 0 Å². The summed E-state index contributed by atoms with van der Waals surface area (Å²) in [7, 11) is 0. The molecule has 0 aliphatic heterocycles. The number of alkyl halides is 4. The first kappa shape index (κ1) is 14.5. The van der Waals surface area contributed by atoms with Gasteiger partial charge in [0.15, 0.2) is 4.84 Å². The molecule has 80 valence electrons. The predicted molar refractivity (Wildman–Crippen MR) is 60.5 cm³/mol. The molecular weight excluding hydrogens is 290 g/mol. The van der Waals surface area contributed by atoms with Gasteiger partial charge in [-0.25, -0.2) is 0 Å². The Labute approximate surface area is 106 Å². The number of amides is 1. The maximum absolute atomic E-state index is 11.0. The summed E-state index contributed by atoms with van der Waals surface area (Å²) >= 11 is 23.1. The lowest BCUT2D eigenvalue weighted by atomic mass is 10.6. The minimum atomic E-state index is -1.55. The molecule has 0 rings (SSSR count). The third-order valence-corrected chi connectivity index (χ3v) is 4.35. The quantitative estimate of drug-likeness (QED) is 0.455. The van der Waals surface area contributed by atoms with Crippen LogP contribution >= 0.6 is 58.4 Å². The van der Waals surface area contributed by atoms with Crippen molar-refractivity contribution in [3.05, 3.63) is 0 Å². The Hall–Kier alpha value is 0.470. The van der Waals surface area contributed by atoms with Gasteiger partial charge in [0.1, 0.15) is 6.54 Å². The molecule has 1 amide bonds. The van der Waals surface area contributed by atoms with E-state index in [1.54, 1.807) is 6.07 Å². The number of nitrogens with zero attached hydrogens (tertiary/aromatic N) is 2. The van der Waals surface area contributed by atoms with E-state index in [2.05, 4.69) is 0 Å². The molecule has 0 aromatic rings. The highest BCUT2D eigenvalue weighted by Crippen LogP contribution is 2.44. The highest BCUT2D eigenvalue weighted by atomic mass is 35.5. The van der Waals surface area contributed by atoms with Crippen molar-refractivity contribution in [3.8, 4) is 6.07 Å². The molecule has 0 N–H and O–H groups in total. The monoisotopic (exact) mass is 294 g/mol. The van der Waals surface area contributed by atoms with E-state index in [4.69, 9.17) is 51.7 Å². The van der Waals surface area contributed by atoms with Crippen LogP contribution in [0.25, 0.3) is 0 Å². The molecule has 0 aliphatic rings. The van der Waals surface area contributed by atoms with Gasteiger partial charge in [-0.15, -0.1) is 23.2 Å². The Morgan fingerprint density at radius 3 is 2.43 bits per heavy atom. The van der Waals surface area contributed by atoms with Crippen molar-refractivity contribution in [2.45, 2.75) is 15.4 Å². The standard InChI is InChI=1S/C6H6Cl4N2OS/c1-4(13)12(3-2-11)14-6(9,10)5(7)8/h5H,3H2,1H3. The number of carbonyl (C=O) groups is 1. The summed E-state index contributed by atoms with van der Waals surface area (Å²) in [4.78, 5) is 9.91. The van der Waals surface area contributed by atoms with Gasteiger partial charge in [0.05, 0.1) is 6.07 Å². The van der Waals surface area contributed by atoms with E-state index in [1.807, 2.05) is 0 Å². The van der Waals surface area contributed by atoms with Crippen LogP contribution in [0.3, 0.4) is 0 Å². The van der Waals surface area contributed by atoms with Gasteiger partial charge in [-0.3, -0.25) is 9.10 Å². The summed E-state index contributed by atoms with van der Waals surface area (Å²) in [6.45, 7) is 1.15. The molecule has 8 heteroatoms. The SMILES string of the molecule is CC(=O)N(CC#N)SC(Cl)(Cl)C(Cl)Cl. The van der Waals surface area contributed by atoms with Crippen LogP contribution in [0.1, 0.15) is 6.92 Å². The molecule has 14 heavy (non-hydrogen) atoms. The number of rotatable bonds is 4. The molecule has 0 saturated carbocycles. The van der Waals surface area contributed by atoms with Crippen molar-refractivity contribution < 1.29 is 4.79 Å². The molecule has 0 unspecified atom stereocenters. The first-order chi connectivity index (χ1) is 6.31. The van der Waals surface area contributed by atoms with Gasteiger partial charge >= 0.3 is 0 Å². The van der Waals surface area contributed by atoms with E-state index in [-0.39, 0.29) is 12.5 Å². The predicted octanol–water partition coefficient (Wildman–Crippen LogP) is 2.94. The Balaban J connectivity index is 4.45. The zero-order valence-corrected chi connectivity index (χ0v) is 10.8. The Morgan fingerprint density at radius 1 is 1.64 bits per heavy atom. The topological polar surface area (TPSA) is 44.1 Å². The van der Waals surface area contributed by atoms with Gasteiger partial charge in [-0.1, -0.05) is 23.2 Å². The highest BCUT2D eigenvalue weighted by Gasteiger charge is 2.36. The van der Waals surface area contributed by atoms with Gasteiger partial charge in [-0.2, -0.15) is 5.26 Å². The summed E-state index contributed by atoms with van der Waals surface area (Å²) in [5.41, 5.74) is 0. The van der Waals surface area contributed by atoms with Crippen LogP contribution in [0.2, 0.25) is 0 Å². The van der Waals surface area contributed by atoms with Crippen molar-refractivity contribution in [3.63, 3.8) is 0 Å². The molecule has 0 heterocycles. The Morgan fingerprint density at radius 2 is 2.14 bits per heavy atom. The van der Waals surface area contributed by atoms with E-state index >= 15 is 0 Å². The summed E-state index contributed by atoms with van der Waals surface area (Å²) in [5.74, 6) is -0.351. The molecule has 0 saturated heterocycles. The molecule has 0 aliphatic carbocycles. The molecule has 0 aromatic heterocycles. The van der Waals surface area contributed by atoms with Crippen LogP contribution in [0, 0.1) is 11.3 Å². The van der Waals surface area contributed by atoms with Crippen molar-refractivity contribution in [1.82, 2.24) is 4.31 Å². The Bertz CT molecular complexity index is 253. The van der Waals surface area contributed by atoms with Crippen LogP contribution in [-0.2, 0) is 4.79 Å². The lowest BCUT2D eigenvalue weighted by Crippen LogP contribution is -2.30. The zero-order valence-electron chi connectivity index (χ0n) is 7.01. The fraction of sp³-hybridized carbons (Fsp3) is 0.667. The molecule has 0 aromatic carbocycles. The molecule has 3 nitrogen and oxygen atoms in total. The zero-order chi connectivity index (χ0) is 11.4. The van der Waals surface area contributed by atoms with Crippen molar-refractivity contribution >= 4 is 64.3 Å². The van der Waals surface area contributed by atoms with Crippen LogP contribution in [0.4, 0.5) is 0 Å². The molecule has 0 radical (unpaired) electrons. The van der Waals surface area contributed by atoms with E-state index in [9.17, 15) is 4.79 Å². The molecule has 0 bridgehead atoms. The van der Waals surface area contributed by atoms with Gasteiger partial charge in [0.2, 0.25) is 9.57 Å². The first-order valence-corrected chi connectivity index (χ1v) is 5.71. The number of nitriles is 1. The van der Waals surface area contributed by atoms with Crippen molar-refractivity contribution in [1.29, 1.82) is 5.26 Å². The number of halogens is 4. The van der Waals surface area contributed by atoms with Crippen LogP contribution in [-0.4, -0.2) is 25.3 Å². The molecule has 0 spiro atoms. The summed E-state index contributed by atoms with van der Waals surface area (Å²) in [6.07, 6.45) is 0. The smallest absolute Gasteiger partial charge is 0.230 e. The number of carbonyl (C=O) groups excluding carboxylic acids is 1. The normalized spacial score (nSPS) is 11.2. The first-order valence-electron chi connectivity index (χ1n) is 3.31. The second kappa shape index (κ2) is 6.14. The van der Waals surface area contributed by atoms with E-state index in [1.165, 1.54) is 6.92 Å². The van der Waals surface area contributed by atoms with Crippen LogP contribution in [0.15, 0.2) is 0 Å². The second-order valence-electron chi connectivity index (χ2n) is 2.17. The minimum Gasteiger partial charge on any atom is -0.274 e. The van der Waals surface area contributed by atoms with Crippen molar-refractivity contribution in [2.24, 2.45) is 0 Å². The Kier molecular flexibility index (Phi) is 6.35.